The molecule has 200 valence electrons. The number of hydrogen-bond acceptors (Lipinski definition) is 6. The highest BCUT2D eigenvalue weighted by Gasteiger charge is 2.36. The van der Waals surface area contributed by atoms with E-state index in [-0.39, 0.29) is 28.9 Å². The van der Waals surface area contributed by atoms with Gasteiger partial charge in [-0.05, 0) is 55.5 Å². The van der Waals surface area contributed by atoms with Gasteiger partial charge in [0, 0.05) is 23.9 Å². The second kappa shape index (κ2) is 11.2. The van der Waals surface area contributed by atoms with Crippen molar-refractivity contribution >= 4 is 23.5 Å². The largest absolute Gasteiger partial charge is 0.364 e. The second-order valence-electron chi connectivity index (χ2n) is 9.72. The molecule has 0 saturated carbocycles. The fourth-order valence-corrected chi connectivity index (χ4v) is 4.59. The first-order valence-corrected chi connectivity index (χ1v) is 12.5. The molecule has 1 aliphatic rings. The first-order valence-electron chi connectivity index (χ1n) is 12.5. The third-order valence-electron chi connectivity index (χ3n) is 6.39. The molecule has 1 fully saturated rings. The summed E-state index contributed by atoms with van der Waals surface area (Å²) < 4.78 is 1.13. The molecule has 1 saturated heterocycles. The molecule has 3 aromatic rings. The molecule has 39 heavy (non-hydrogen) atoms. The fraction of sp³-hybridized carbons (Fsp3) is 0.286. The molecule has 3 amide bonds. The van der Waals surface area contributed by atoms with Gasteiger partial charge in [0.25, 0.3) is 17.7 Å². The molecule has 4 rings (SSSR count). The number of likely N-dealkylation sites (tertiary alicyclic amines) is 1. The van der Waals surface area contributed by atoms with E-state index in [0.29, 0.717) is 42.2 Å². The van der Waals surface area contributed by atoms with Crippen LogP contribution in [0.5, 0.6) is 0 Å². The van der Waals surface area contributed by atoms with E-state index in [0.717, 1.165) is 10.2 Å². The van der Waals surface area contributed by atoms with E-state index in [1.807, 2.05) is 26.8 Å². The second-order valence-corrected chi connectivity index (χ2v) is 9.72. The Kier molecular flexibility index (Phi) is 7.76. The summed E-state index contributed by atoms with van der Waals surface area (Å²) in [5.74, 6) is 5.56. The number of carbonyl (C=O) groups is 3. The van der Waals surface area contributed by atoms with Crippen LogP contribution in [0.2, 0.25) is 0 Å². The van der Waals surface area contributed by atoms with Crippen LogP contribution in [0, 0.1) is 19.4 Å². The van der Waals surface area contributed by atoms with Crippen LogP contribution >= 0.6 is 0 Å². The van der Waals surface area contributed by atoms with Gasteiger partial charge in [-0.15, -0.1) is 0 Å². The minimum Gasteiger partial charge on any atom is -0.364 e. The van der Waals surface area contributed by atoms with Crippen molar-refractivity contribution in [1.82, 2.24) is 19.5 Å². The summed E-state index contributed by atoms with van der Waals surface area (Å²) in [4.78, 5) is 52.1. The lowest BCUT2D eigenvalue weighted by Crippen LogP contribution is -2.34. The van der Waals surface area contributed by atoms with Crippen molar-refractivity contribution < 1.29 is 14.4 Å². The zero-order valence-electron chi connectivity index (χ0n) is 22.0. The highest BCUT2D eigenvalue weighted by molar-refractivity contribution is 6.04. The Bertz CT molecular complexity index is 1500. The van der Waals surface area contributed by atoms with Crippen molar-refractivity contribution in [3.63, 3.8) is 0 Å². The first kappa shape index (κ1) is 27.1. The normalized spacial score (nSPS) is 15.3. The number of pyridine rings is 1. The van der Waals surface area contributed by atoms with Crippen LogP contribution in [-0.2, 0) is 4.79 Å². The molecular weight excluding hydrogens is 496 g/mol. The summed E-state index contributed by atoms with van der Waals surface area (Å²) in [6.07, 6.45) is 4.50. The summed E-state index contributed by atoms with van der Waals surface area (Å²) in [5.41, 5.74) is 7.81. The maximum absolute atomic E-state index is 13.2. The van der Waals surface area contributed by atoms with Gasteiger partial charge in [0.15, 0.2) is 11.5 Å². The molecule has 0 radical (unpaired) electrons. The number of imidazole rings is 1. The highest BCUT2D eigenvalue weighted by atomic mass is 16.2. The van der Waals surface area contributed by atoms with Gasteiger partial charge in [0.1, 0.15) is 11.5 Å². The predicted molar refractivity (Wildman–Crippen MR) is 146 cm³/mol. The van der Waals surface area contributed by atoms with Crippen molar-refractivity contribution in [2.45, 2.75) is 39.7 Å². The topological polar surface area (TPSA) is 154 Å². The number of nitrogens with one attached hydrogen (secondary N) is 1. The van der Waals surface area contributed by atoms with Gasteiger partial charge in [-0.25, -0.2) is 19.5 Å². The molecule has 1 aromatic carbocycles. The Hall–Kier alpha value is -4.98. The van der Waals surface area contributed by atoms with Gasteiger partial charge in [0.05, 0.1) is 12.6 Å². The molecule has 0 spiro atoms. The van der Waals surface area contributed by atoms with Gasteiger partial charge in [-0.1, -0.05) is 32.1 Å². The zero-order chi connectivity index (χ0) is 28.3. The molecule has 1 atom stereocenters. The van der Waals surface area contributed by atoms with Crippen molar-refractivity contribution in [3.05, 3.63) is 88.4 Å². The van der Waals surface area contributed by atoms with E-state index in [1.165, 1.54) is 0 Å². The number of benzene rings is 1. The number of nitrogen functional groups attached to an aromatic ring is 1. The summed E-state index contributed by atoms with van der Waals surface area (Å²) in [5, 5.41) is 2.75. The van der Waals surface area contributed by atoms with Crippen molar-refractivity contribution in [2.75, 3.05) is 17.7 Å². The average molecular weight is 527 g/mol. The number of amides is 3. The summed E-state index contributed by atoms with van der Waals surface area (Å²) >= 11 is 0. The average Bonchev–Trinajstić information content (AvgIpc) is 3.51. The number of rotatable bonds is 7. The lowest BCUT2D eigenvalue weighted by atomic mass is 10.1. The monoisotopic (exact) mass is 526 g/mol. The van der Waals surface area contributed by atoms with Crippen LogP contribution in [0.3, 0.4) is 0 Å². The van der Waals surface area contributed by atoms with E-state index in [9.17, 15) is 14.4 Å². The maximum Gasteiger partial charge on any atom is 0.269 e. The SMILES string of the molecule is [C-]#[N+]/C(=C\C(C)C)C(=O)N1CCC[C@H]1c1nc(-c2ccc(C(=O)Nc3cc(C)ccn3)cc2)c(C(N)=O)n1N. The molecule has 11 heteroatoms. The molecule has 5 N–H and O–H groups in total. The summed E-state index contributed by atoms with van der Waals surface area (Å²) in [6.45, 7) is 13.6. The van der Waals surface area contributed by atoms with Gasteiger partial charge >= 0.3 is 0 Å². The lowest BCUT2D eigenvalue weighted by molar-refractivity contribution is -0.127. The Morgan fingerprint density at radius 3 is 2.54 bits per heavy atom. The fourth-order valence-electron chi connectivity index (χ4n) is 4.59. The maximum atomic E-state index is 13.2. The predicted octanol–water partition coefficient (Wildman–Crippen LogP) is 3.44. The van der Waals surface area contributed by atoms with Crippen LogP contribution in [0.15, 0.2) is 54.4 Å². The standard InChI is InChI=1S/C28H30N8O3/c1-16(2)14-20(31-4)28(39)35-13-5-6-21(35)26-34-23(24(25(29)37)36(26)30)18-7-9-19(10-8-18)27(38)33-22-15-17(3)11-12-32-22/h7-12,14-16,21H,5-6,13,30H2,1-3H3,(H2,29,37)(H,32,33,38)/b20-14-/t21-/m0/s1. The van der Waals surface area contributed by atoms with E-state index in [4.69, 9.17) is 18.1 Å². The highest BCUT2D eigenvalue weighted by Crippen LogP contribution is 2.35. The zero-order valence-corrected chi connectivity index (χ0v) is 22.0. The van der Waals surface area contributed by atoms with Gasteiger partial charge in [0.2, 0.25) is 5.70 Å². The van der Waals surface area contributed by atoms with E-state index >= 15 is 0 Å². The van der Waals surface area contributed by atoms with Crippen LogP contribution < -0.4 is 16.9 Å². The minimum atomic E-state index is -0.781. The number of carbonyl (C=O) groups excluding carboxylic acids is 3. The van der Waals surface area contributed by atoms with E-state index in [1.54, 1.807) is 47.5 Å². The quantitative estimate of drug-likeness (QED) is 0.243. The Morgan fingerprint density at radius 1 is 1.21 bits per heavy atom. The summed E-state index contributed by atoms with van der Waals surface area (Å²) in [7, 11) is 0. The van der Waals surface area contributed by atoms with Crippen molar-refractivity contribution in [3.8, 4) is 11.3 Å². The smallest absolute Gasteiger partial charge is 0.269 e. The van der Waals surface area contributed by atoms with E-state index in [2.05, 4.69) is 20.1 Å². The van der Waals surface area contributed by atoms with Crippen LogP contribution in [0.1, 0.15) is 65.0 Å². The number of aromatic nitrogens is 3. The number of primary amides is 1. The Morgan fingerprint density at radius 2 is 1.92 bits per heavy atom. The van der Waals surface area contributed by atoms with Crippen LogP contribution in [-0.4, -0.2) is 43.8 Å². The van der Waals surface area contributed by atoms with Crippen molar-refractivity contribution in [1.29, 1.82) is 0 Å². The minimum absolute atomic E-state index is 0.0198. The molecule has 0 aliphatic carbocycles. The number of allylic oxidation sites excluding steroid dienone is 1. The third-order valence-corrected chi connectivity index (χ3v) is 6.39. The first-order chi connectivity index (χ1) is 18.6. The molecule has 3 heterocycles. The number of hydrogen-bond donors (Lipinski definition) is 3. The van der Waals surface area contributed by atoms with Gasteiger partial charge in [-0.2, -0.15) is 0 Å². The molecule has 0 bridgehead atoms. The van der Waals surface area contributed by atoms with Gasteiger partial charge < -0.3 is 21.8 Å². The number of aryl methyl sites for hydroxylation is 1. The van der Waals surface area contributed by atoms with Crippen LogP contribution in [0.25, 0.3) is 16.1 Å². The molecule has 1 aliphatic heterocycles. The summed E-state index contributed by atoms with van der Waals surface area (Å²) in [6, 6.07) is 9.57. The van der Waals surface area contributed by atoms with Crippen molar-refractivity contribution in [2.24, 2.45) is 11.7 Å². The molecule has 0 unspecified atom stereocenters. The molecular formula is C28H30N8O3. The lowest BCUT2D eigenvalue weighted by Gasteiger charge is -2.24. The number of anilines is 1. The number of nitrogens with zero attached hydrogens (tertiary/aromatic N) is 5. The molecule has 2 aromatic heterocycles. The number of nitrogens with two attached hydrogens (primary N) is 2. The Labute approximate surface area is 226 Å². The molecule has 11 nitrogen and oxygen atoms in total. The Balaban J connectivity index is 1.64. The third kappa shape index (κ3) is 5.65. The van der Waals surface area contributed by atoms with Crippen LogP contribution in [0.4, 0.5) is 5.82 Å². The van der Waals surface area contributed by atoms with E-state index < -0.39 is 17.9 Å². The van der Waals surface area contributed by atoms with Gasteiger partial charge in [-0.3, -0.25) is 14.4 Å².